The zero-order valence-corrected chi connectivity index (χ0v) is 13.5. The van der Waals surface area contributed by atoms with Crippen molar-refractivity contribution in [3.05, 3.63) is 32.5 Å². The van der Waals surface area contributed by atoms with E-state index in [0.717, 1.165) is 0 Å². The summed E-state index contributed by atoms with van der Waals surface area (Å²) in [6.45, 7) is 3.71. The van der Waals surface area contributed by atoms with E-state index in [1.807, 2.05) is 6.92 Å². The standard InChI is InChI=1S/C15H14Cl2O5/c1-3-5-6-11(18)7-8(14(21)15(6)22-4-2)13(20)10(17)9(16)12(7)19/h19-20H,3-5H2,1-2H3. The van der Waals surface area contributed by atoms with Crippen molar-refractivity contribution in [2.75, 3.05) is 6.61 Å². The van der Waals surface area contributed by atoms with Gasteiger partial charge in [0, 0.05) is 5.57 Å². The normalized spacial score (nSPS) is 14.4. The van der Waals surface area contributed by atoms with Gasteiger partial charge in [0.25, 0.3) is 0 Å². The molecule has 1 aromatic rings. The third-order valence-electron chi connectivity index (χ3n) is 3.33. The quantitative estimate of drug-likeness (QED) is 0.809. The molecule has 0 unspecified atom stereocenters. The molecule has 1 aromatic carbocycles. The number of hydrogen-bond donors (Lipinski definition) is 2. The minimum Gasteiger partial charge on any atom is -0.506 e. The van der Waals surface area contributed by atoms with Gasteiger partial charge in [-0.2, -0.15) is 0 Å². The van der Waals surface area contributed by atoms with Crippen LogP contribution in [0.3, 0.4) is 0 Å². The number of hydrogen-bond acceptors (Lipinski definition) is 5. The van der Waals surface area contributed by atoms with Crippen molar-refractivity contribution in [3.63, 3.8) is 0 Å². The van der Waals surface area contributed by atoms with Crippen LogP contribution in [0.1, 0.15) is 47.4 Å². The Morgan fingerprint density at radius 1 is 0.955 bits per heavy atom. The Bertz CT molecular complexity index is 648. The molecule has 0 saturated carbocycles. The number of phenolic OH excluding ortho intramolecular Hbond substituents is 2. The molecule has 0 amide bonds. The molecule has 22 heavy (non-hydrogen) atoms. The van der Waals surface area contributed by atoms with Crippen molar-refractivity contribution in [2.45, 2.75) is 26.7 Å². The van der Waals surface area contributed by atoms with E-state index in [2.05, 4.69) is 0 Å². The number of allylic oxidation sites excluding steroid dienone is 2. The average molecular weight is 345 g/mol. The number of ether oxygens (including phenoxy) is 1. The number of carbonyl (C=O) groups excluding carboxylic acids is 2. The Morgan fingerprint density at radius 3 is 1.91 bits per heavy atom. The summed E-state index contributed by atoms with van der Waals surface area (Å²) < 4.78 is 5.29. The Balaban J connectivity index is 2.81. The zero-order chi connectivity index (χ0) is 16.6. The van der Waals surface area contributed by atoms with E-state index >= 15 is 0 Å². The number of benzene rings is 1. The van der Waals surface area contributed by atoms with Gasteiger partial charge < -0.3 is 14.9 Å². The van der Waals surface area contributed by atoms with Crippen LogP contribution in [-0.2, 0) is 4.74 Å². The first-order chi connectivity index (χ1) is 10.4. The maximum atomic E-state index is 12.6. The summed E-state index contributed by atoms with van der Waals surface area (Å²) in [6.07, 6.45) is 0.911. The molecule has 0 heterocycles. The van der Waals surface area contributed by atoms with E-state index in [-0.39, 0.29) is 39.1 Å². The van der Waals surface area contributed by atoms with Crippen molar-refractivity contribution in [2.24, 2.45) is 0 Å². The van der Waals surface area contributed by atoms with Gasteiger partial charge in [-0.05, 0) is 13.3 Å². The molecule has 5 nitrogen and oxygen atoms in total. The first-order valence-electron chi connectivity index (χ1n) is 6.74. The SMILES string of the molecule is CCCC1=C(OCC)C(=O)c2c(O)c(Cl)c(Cl)c(O)c2C1=O. The molecule has 1 aliphatic carbocycles. The molecule has 0 aliphatic heterocycles. The van der Waals surface area contributed by atoms with Crippen molar-refractivity contribution in [1.82, 2.24) is 0 Å². The summed E-state index contributed by atoms with van der Waals surface area (Å²) in [5.41, 5.74) is -0.543. The molecule has 2 N–H and O–H groups in total. The summed E-state index contributed by atoms with van der Waals surface area (Å²) in [4.78, 5) is 25.2. The lowest BCUT2D eigenvalue weighted by atomic mass is 9.85. The van der Waals surface area contributed by atoms with E-state index < -0.39 is 23.1 Å². The molecule has 0 fully saturated rings. The predicted molar refractivity (Wildman–Crippen MR) is 82.0 cm³/mol. The number of halogens is 2. The summed E-state index contributed by atoms with van der Waals surface area (Å²) in [5.74, 6) is -2.64. The van der Waals surface area contributed by atoms with E-state index in [0.29, 0.717) is 12.8 Å². The van der Waals surface area contributed by atoms with Crippen LogP contribution in [0.2, 0.25) is 10.0 Å². The average Bonchev–Trinajstić information content (AvgIpc) is 2.49. The number of phenols is 2. The molecule has 7 heteroatoms. The lowest BCUT2D eigenvalue weighted by Gasteiger charge is -2.23. The van der Waals surface area contributed by atoms with Crippen molar-refractivity contribution in [1.29, 1.82) is 0 Å². The molecule has 0 bridgehead atoms. The number of fused-ring (bicyclic) bond motifs is 1. The van der Waals surface area contributed by atoms with Crippen LogP contribution in [0.5, 0.6) is 11.5 Å². The van der Waals surface area contributed by atoms with Crippen molar-refractivity contribution < 1.29 is 24.5 Å². The highest BCUT2D eigenvalue weighted by molar-refractivity contribution is 6.45. The van der Waals surface area contributed by atoms with Gasteiger partial charge in [-0.15, -0.1) is 0 Å². The Kier molecular flexibility index (Phi) is 4.68. The third-order valence-corrected chi connectivity index (χ3v) is 4.16. The maximum Gasteiger partial charge on any atom is 0.232 e. The molecule has 0 aromatic heterocycles. The highest BCUT2D eigenvalue weighted by Crippen LogP contribution is 2.47. The molecule has 0 spiro atoms. The van der Waals surface area contributed by atoms with Crippen LogP contribution in [0.15, 0.2) is 11.3 Å². The Hall–Kier alpha value is -1.72. The summed E-state index contributed by atoms with van der Waals surface area (Å²) in [7, 11) is 0. The number of carbonyl (C=O) groups is 2. The van der Waals surface area contributed by atoms with E-state index in [1.165, 1.54) is 0 Å². The molecule has 118 valence electrons. The minimum absolute atomic E-state index is 0.116. The molecule has 2 rings (SSSR count). The van der Waals surface area contributed by atoms with Crippen LogP contribution in [0, 0.1) is 0 Å². The summed E-state index contributed by atoms with van der Waals surface area (Å²) >= 11 is 11.6. The lowest BCUT2D eigenvalue weighted by Crippen LogP contribution is -2.24. The molecule has 0 atom stereocenters. The van der Waals surface area contributed by atoms with Gasteiger partial charge in [-0.1, -0.05) is 36.5 Å². The highest BCUT2D eigenvalue weighted by Gasteiger charge is 2.39. The first kappa shape index (κ1) is 16.6. The van der Waals surface area contributed by atoms with Gasteiger partial charge in [0.2, 0.25) is 5.78 Å². The van der Waals surface area contributed by atoms with Crippen molar-refractivity contribution >= 4 is 34.8 Å². The topological polar surface area (TPSA) is 83.8 Å². The molecule has 0 saturated heterocycles. The van der Waals surface area contributed by atoms with E-state index in [1.54, 1.807) is 6.92 Å². The molecular weight excluding hydrogens is 331 g/mol. The zero-order valence-electron chi connectivity index (χ0n) is 12.0. The fraction of sp³-hybridized carbons (Fsp3) is 0.333. The minimum atomic E-state index is -0.689. The maximum absolute atomic E-state index is 12.6. The molecule has 0 radical (unpaired) electrons. The molecular formula is C15H14Cl2O5. The summed E-state index contributed by atoms with van der Waals surface area (Å²) in [5, 5.41) is 19.4. The smallest absolute Gasteiger partial charge is 0.232 e. The van der Waals surface area contributed by atoms with Gasteiger partial charge >= 0.3 is 0 Å². The van der Waals surface area contributed by atoms with Crippen LogP contribution in [0.25, 0.3) is 0 Å². The third kappa shape index (κ3) is 2.34. The van der Waals surface area contributed by atoms with Gasteiger partial charge in [0.05, 0.1) is 17.7 Å². The molecule has 1 aliphatic rings. The lowest BCUT2D eigenvalue weighted by molar-refractivity contribution is 0.0872. The summed E-state index contributed by atoms with van der Waals surface area (Å²) in [6, 6.07) is 0. The predicted octanol–water partition coefficient (Wildman–Crippen LogP) is 3.87. The van der Waals surface area contributed by atoms with E-state index in [4.69, 9.17) is 27.9 Å². The van der Waals surface area contributed by atoms with Crippen LogP contribution in [0.4, 0.5) is 0 Å². The monoisotopic (exact) mass is 344 g/mol. The van der Waals surface area contributed by atoms with Gasteiger partial charge in [0.1, 0.15) is 21.5 Å². The highest BCUT2D eigenvalue weighted by atomic mass is 35.5. The van der Waals surface area contributed by atoms with Crippen LogP contribution >= 0.6 is 23.2 Å². The second-order valence-electron chi connectivity index (χ2n) is 4.72. The fourth-order valence-electron chi connectivity index (χ4n) is 2.38. The fourth-order valence-corrected chi connectivity index (χ4v) is 2.75. The van der Waals surface area contributed by atoms with Gasteiger partial charge in [-0.3, -0.25) is 9.59 Å². The van der Waals surface area contributed by atoms with Crippen molar-refractivity contribution in [3.8, 4) is 11.5 Å². The number of rotatable bonds is 4. The second kappa shape index (κ2) is 6.18. The van der Waals surface area contributed by atoms with E-state index in [9.17, 15) is 19.8 Å². The Labute approximate surface area is 137 Å². The number of aromatic hydroxyl groups is 2. The second-order valence-corrected chi connectivity index (χ2v) is 5.48. The van der Waals surface area contributed by atoms with Gasteiger partial charge in [-0.25, -0.2) is 0 Å². The van der Waals surface area contributed by atoms with Crippen LogP contribution in [-0.4, -0.2) is 28.4 Å². The first-order valence-corrected chi connectivity index (χ1v) is 7.50. The Morgan fingerprint density at radius 2 is 1.45 bits per heavy atom. The number of Topliss-reactive ketones (excluding diaryl/α,β-unsaturated/α-hetero) is 2. The number of ketones is 2. The van der Waals surface area contributed by atoms with Crippen LogP contribution < -0.4 is 0 Å². The van der Waals surface area contributed by atoms with Gasteiger partial charge in [0.15, 0.2) is 11.5 Å². The largest absolute Gasteiger partial charge is 0.506 e.